The molecular formula is C35H30F2N2O4. The summed E-state index contributed by atoms with van der Waals surface area (Å²) < 4.78 is 35.4. The lowest BCUT2D eigenvalue weighted by atomic mass is 9.97. The molecule has 0 aliphatic carbocycles. The molecule has 0 spiro atoms. The number of nitrogens with zero attached hydrogens (tertiary/aromatic N) is 1. The monoisotopic (exact) mass is 580 g/mol. The highest BCUT2D eigenvalue weighted by atomic mass is 19.3. The summed E-state index contributed by atoms with van der Waals surface area (Å²) in [7, 11) is 0. The number of benzene rings is 4. The van der Waals surface area contributed by atoms with Crippen LogP contribution < -0.4 is 10.2 Å². The van der Waals surface area contributed by atoms with Gasteiger partial charge in [-0.05, 0) is 61.4 Å². The number of nitrogens with one attached hydrogen (secondary N) is 1. The van der Waals surface area contributed by atoms with Gasteiger partial charge < -0.3 is 15.0 Å². The topological polar surface area (TPSA) is 75.7 Å². The first-order valence-corrected chi connectivity index (χ1v) is 13.9. The molecule has 0 unspecified atom stereocenters. The van der Waals surface area contributed by atoms with E-state index in [4.69, 9.17) is 4.74 Å². The number of esters is 1. The highest BCUT2D eigenvalue weighted by Gasteiger charge is 2.41. The first-order valence-electron chi connectivity index (χ1n) is 13.9. The van der Waals surface area contributed by atoms with Crippen molar-refractivity contribution in [2.75, 3.05) is 23.4 Å². The van der Waals surface area contributed by atoms with Crippen LogP contribution in [0.25, 0.3) is 16.7 Å². The summed E-state index contributed by atoms with van der Waals surface area (Å²) in [5.74, 6) is -5.02. The van der Waals surface area contributed by atoms with E-state index in [9.17, 15) is 14.4 Å². The Bertz CT molecular complexity index is 1700. The van der Waals surface area contributed by atoms with Crippen molar-refractivity contribution in [1.29, 1.82) is 0 Å². The average molecular weight is 581 g/mol. The molecule has 5 rings (SSSR count). The molecule has 0 saturated heterocycles. The van der Waals surface area contributed by atoms with Gasteiger partial charge in [0.15, 0.2) is 0 Å². The third-order valence-electron chi connectivity index (χ3n) is 7.25. The molecule has 4 aromatic carbocycles. The van der Waals surface area contributed by atoms with E-state index in [1.54, 1.807) is 61.5 Å². The van der Waals surface area contributed by atoms with Crippen LogP contribution in [0.4, 0.5) is 20.2 Å². The van der Waals surface area contributed by atoms with Crippen LogP contribution in [0.5, 0.6) is 0 Å². The fraction of sp³-hybridized carbons (Fsp3) is 0.171. The summed E-state index contributed by atoms with van der Waals surface area (Å²) in [5.41, 5.74) is 3.93. The van der Waals surface area contributed by atoms with Gasteiger partial charge in [-0.2, -0.15) is 0 Å². The molecule has 1 N–H and O–H groups in total. The molecule has 1 heterocycles. The molecule has 0 fully saturated rings. The lowest BCUT2D eigenvalue weighted by Crippen LogP contribution is -2.33. The molecule has 0 atom stereocenters. The van der Waals surface area contributed by atoms with Crippen LogP contribution in [0.3, 0.4) is 0 Å². The minimum atomic E-state index is -3.36. The number of alkyl halides is 2. The number of fused-ring (bicyclic) bond motifs is 1. The lowest BCUT2D eigenvalue weighted by molar-refractivity contribution is -0.137. The van der Waals surface area contributed by atoms with Crippen LogP contribution >= 0.6 is 0 Å². The van der Waals surface area contributed by atoms with E-state index >= 15 is 8.78 Å². The molecule has 0 radical (unpaired) electrons. The van der Waals surface area contributed by atoms with Crippen molar-refractivity contribution >= 4 is 34.7 Å². The van der Waals surface area contributed by atoms with E-state index in [2.05, 4.69) is 5.32 Å². The number of halogens is 2. The van der Waals surface area contributed by atoms with Gasteiger partial charge in [-0.3, -0.25) is 9.59 Å². The van der Waals surface area contributed by atoms with Crippen LogP contribution in [0.15, 0.2) is 103 Å². The van der Waals surface area contributed by atoms with Gasteiger partial charge in [0.05, 0.1) is 12.3 Å². The molecular weight excluding hydrogens is 550 g/mol. The standard InChI is InChI=1S/C35H30F2N2O4/c1-3-43-32(40)22-30-29-10-6-7-11-31(29)39(21-20-35(30,36)37)34(42)25-16-18-26(19-17-25)38-33(41)28-9-5-4-8-27(28)24-14-12-23(2)13-15-24/h4-19,22H,3,20-21H2,1-2H3,(H,38,41)/b30-22-. The number of amides is 2. The molecule has 1 aliphatic heterocycles. The molecule has 2 amide bonds. The Balaban J connectivity index is 1.38. The fourth-order valence-electron chi connectivity index (χ4n) is 5.05. The minimum Gasteiger partial charge on any atom is -0.463 e. The molecule has 1 aliphatic rings. The molecule has 8 heteroatoms. The predicted molar refractivity (Wildman–Crippen MR) is 163 cm³/mol. The van der Waals surface area contributed by atoms with E-state index < -0.39 is 29.8 Å². The van der Waals surface area contributed by atoms with Crippen molar-refractivity contribution in [3.63, 3.8) is 0 Å². The summed E-state index contributed by atoms with van der Waals surface area (Å²) in [4.78, 5) is 40.3. The normalized spacial score (nSPS) is 14.9. The first-order chi connectivity index (χ1) is 20.7. The number of hydrogen-bond donors (Lipinski definition) is 1. The van der Waals surface area contributed by atoms with Gasteiger partial charge >= 0.3 is 5.97 Å². The van der Waals surface area contributed by atoms with Crippen molar-refractivity contribution in [2.45, 2.75) is 26.2 Å². The van der Waals surface area contributed by atoms with Gasteiger partial charge in [0.1, 0.15) is 0 Å². The Labute approximate surface area is 248 Å². The maximum Gasteiger partial charge on any atom is 0.331 e. The third kappa shape index (κ3) is 6.38. The summed E-state index contributed by atoms with van der Waals surface area (Å²) in [6.45, 7) is 3.38. The zero-order valence-corrected chi connectivity index (χ0v) is 23.8. The Hall–Kier alpha value is -5.11. The second-order valence-corrected chi connectivity index (χ2v) is 10.2. The SMILES string of the molecule is CCOC(=O)/C=C1/c2ccccc2N(C(=O)c2ccc(NC(=O)c3ccccc3-c3ccc(C)cc3)cc2)CCC1(F)F. The number of carbonyl (C=O) groups is 3. The van der Waals surface area contributed by atoms with E-state index in [1.807, 2.05) is 43.3 Å². The second kappa shape index (κ2) is 12.4. The molecule has 218 valence electrons. The smallest absolute Gasteiger partial charge is 0.331 e. The zero-order chi connectivity index (χ0) is 30.6. The van der Waals surface area contributed by atoms with Crippen LogP contribution in [0.1, 0.15) is 45.2 Å². The molecule has 0 aromatic heterocycles. The van der Waals surface area contributed by atoms with Crippen molar-refractivity contribution in [3.8, 4) is 11.1 Å². The zero-order valence-electron chi connectivity index (χ0n) is 23.8. The van der Waals surface area contributed by atoms with Gasteiger partial charge in [0.25, 0.3) is 17.7 Å². The Morgan fingerprint density at radius 1 is 0.884 bits per heavy atom. The highest BCUT2D eigenvalue weighted by molar-refractivity contribution is 6.10. The number of anilines is 2. The van der Waals surface area contributed by atoms with Crippen molar-refractivity contribution in [3.05, 3.63) is 125 Å². The Morgan fingerprint density at radius 2 is 1.53 bits per heavy atom. The van der Waals surface area contributed by atoms with Gasteiger partial charge in [-0.15, -0.1) is 0 Å². The summed E-state index contributed by atoms with van der Waals surface area (Å²) in [6, 6.07) is 27.8. The number of para-hydroxylation sites is 1. The highest BCUT2D eigenvalue weighted by Crippen LogP contribution is 2.43. The third-order valence-corrected chi connectivity index (χ3v) is 7.25. The summed E-state index contributed by atoms with van der Waals surface area (Å²) in [5, 5.41) is 2.88. The summed E-state index contributed by atoms with van der Waals surface area (Å²) in [6.07, 6.45) is 0.137. The molecule has 4 aromatic rings. The number of ether oxygens (including phenoxy) is 1. The maximum atomic E-state index is 15.3. The predicted octanol–water partition coefficient (Wildman–Crippen LogP) is 7.55. The fourth-order valence-corrected chi connectivity index (χ4v) is 5.05. The van der Waals surface area contributed by atoms with E-state index in [1.165, 1.54) is 11.0 Å². The van der Waals surface area contributed by atoms with Gasteiger partial charge in [0.2, 0.25) is 0 Å². The first kappa shape index (κ1) is 29.4. The number of carbonyl (C=O) groups excluding carboxylic acids is 3. The van der Waals surface area contributed by atoms with Crippen molar-refractivity contribution < 1.29 is 27.9 Å². The van der Waals surface area contributed by atoms with Crippen LogP contribution in [-0.2, 0) is 9.53 Å². The minimum absolute atomic E-state index is 0.0517. The number of allylic oxidation sites excluding steroid dienone is 1. The van der Waals surface area contributed by atoms with E-state index in [0.29, 0.717) is 11.3 Å². The van der Waals surface area contributed by atoms with E-state index in [0.717, 1.165) is 22.8 Å². The average Bonchev–Trinajstić information content (AvgIpc) is 3.11. The van der Waals surface area contributed by atoms with Crippen LogP contribution in [-0.4, -0.2) is 36.9 Å². The number of hydrogen-bond acceptors (Lipinski definition) is 4. The van der Waals surface area contributed by atoms with Gasteiger partial charge in [-0.1, -0.05) is 66.2 Å². The van der Waals surface area contributed by atoms with Crippen molar-refractivity contribution in [2.24, 2.45) is 0 Å². The number of rotatable bonds is 6. The Morgan fingerprint density at radius 3 is 2.23 bits per heavy atom. The second-order valence-electron chi connectivity index (χ2n) is 10.2. The van der Waals surface area contributed by atoms with Crippen molar-refractivity contribution in [1.82, 2.24) is 0 Å². The summed E-state index contributed by atoms with van der Waals surface area (Å²) >= 11 is 0. The van der Waals surface area contributed by atoms with Gasteiger partial charge in [0, 0.05) is 47.0 Å². The van der Waals surface area contributed by atoms with Crippen LogP contribution in [0.2, 0.25) is 0 Å². The number of aryl methyl sites for hydroxylation is 1. The van der Waals surface area contributed by atoms with Crippen LogP contribution in [0, 0.1) is 6.92 Å². The quantitative estimate of drug-likeness (QED) is 0.189. The van der Waals surface area contributed by atoms with Gasteiger partial charge in [-0.25, -0.2) is 13.6 Å². The van der Waals surface area contributed by atoms with E-state index in [-0.39, 0.29) is 35.9 Å². The largest absolute Gasteiger partial charge is 0.463 e. The Kier molecular flexibility index (Phi) is 8.48. The molecule has 6 nitrogen and oxygen atoms in total. The molecule has 43 heavy (non-hydrogen) atoms. The lowest BCUT2D eigenvalue weighted by Gasteiger charge is -2.23. The molecule has 0 saturated carbocycles. The maximum absolute atomic E-state index is 15.3. The molecule has 0 bridgehead atoms.